The summed E-state index contributed by atoms with van der Waals surface area (Å²) >= 11 is 0. The van der Waals surface area contributed by atoms with Crippen molar-refractivity contribution >= 4 is 23.1 Å². The summed E-state index contributed by atoms with van der Waals surface area (Å²) in [5.74, 6) is 0.0580. The van der Waals surface area contributed by atoms with Gasteiger partial charge in [-0.05, 0) is 44.7 Å². The van der Waals surface area contributed by atoms with Crippen LogP contribution in [-0.4, -0.2) is 56.5 Å². The number of ether oxygens (including phenoxy) is 2. The first-order valence-corrected chi connectivity index (χ1v) is 10.3. The number of anilines is 1. The summed E-state index contributed by atoms with van der Waals surface area (Å²) in [5.41, 5.74) is 0.430. The van der Waals surface area contributed by atoms with E-state index in [9.17, 15) is 14.7 Å². The maximum Gasteiger partial charge on any atom is 0.359 e. The molecule has 31 heavy (non-hydrogen) atoms. The van der Waals surface area contributed by atoms with Gasteiger partial charge in [0.15, 0.2) is 11.3 Å². The zero-order valence-corrected chi connectivity index (χ0v) is 17.4. The van der Waals surface area contributed by atoms with Gasteiger partial charge in [-0.25, -0.2) is 19.1 Å². The molecule has 1 aliphatic carbocycles. The Labute approximate surface area is 178 Å². The quantitative estimate of drug-likeness (QED) is 0.509. The Morgan fingerprint density at radius 1 is 1.26 bits per heavy atom. The number of hydrogen-bond donors (Lipinski definition) is 3. The van der Waals surface area contributed by atoms with Crippen LogP contribution in [0.4, 0.5) is 5.95 Å². The number of H-pyrrole nitrogens is 1. The molecule has 2 heterocycles. The minimum atomic E-state index is -0.648. The second-order valence-corrected chi connectivity index (χ2v) is 7.40. The number of methoxy groups -OCH3 is 1. The van der Waals surface area contributed by atoms with Gasteiger partial charge in [-0.1, -0.05) is 12.1 Å². The van der Waals surface area contributed by atoms with Gasteiger partial charge in [0.2, 0.25) is 5.95 Å². The number of aliphatic hydroxyl groups is 1. The highest BCUT2D eigenvalue weighted by atomic mass is 16.5. The average molecular weight is 427 g/mol. The van der Waals surface area contributed by atoms with E-state index in [1.807, 2.05) is 0 Å². The first-order valence-electron chi connectivity index (χ1n) is 10.3. The average Bonchev–Trinajstić information content (AvgIpc) is 3.10. The zero-order chi connectivity index (χ0) is 22.0. The number of carbonyl (C=O) groups is 1. The fourth-order valence-corrected chi connectivity index (χ4v) is 3.84. The number of nitrogens with one attached hydrogen (secondary N) is 2. The van der Waals surface area contributed by atoms with Crippen LogP contribution in [0.3, 0.4) is 0 Å². The van der Waals surface area contributed by atoms with Gasteiger partial charge in [0.1, 0.15) is 11.3 Å². The van der Waals surface area contributed by atoms with Gasteiger partial charge in [0.05, 0.1) is 25.5 Å². The highest BCUT2D eigenvalue weighted by molar-refractivity contribution is 5.99. The van der Waals surface area contributed by atoms with Crippen LogP contribution < -0.4 is 15.7 Å². The third kappa shape index (κ3) is 4.11. The molecule has 0 unspecified atom stereocenters. The Balaban J connectivity index is 1.86. The van der Waals surface area contributed by atoms with E-state index >= 15 is 0 Å². The van der Waals surface area contributed by atoms with Gasteiger partial charge in [-0.2, -0.15) is 4.98 Å². The van der Waals surface area contributed by atoms with E-state index in [2.05, 4.69) is 20.3 Å². The Hall–Kier alpha value is -3.40. The summed E-state index contributed by atoms with van der Waals surface area (Å²) in [5, 5.41) is 13.0. The van der Waals surface area contributed by atoms with Crippen molar-refractivity contribution in [3.05, 3.63) is 40.4 Å². The van der Waals surface area contributed by atoms with Gasteiger partial charge in [-0.15, -0.1) is 0 Å². The molecule has 0 saturated heterocycles. The summed E-state index contributed by atoms with van der Waals surface area (Å²) < 4.78 is 11.9. The molecule has 164 valence electrons. The van der Waals surface area contributed by atoms with Crippen molar-refractivity contribution in [2.24, 2.45) is 0 Å². The maximum atomic E-state index is 12.9. The Morgan fingerprint density at radius 2 is 2.00 bits per heavy atom. The van der Waals surface area contributed by atoms with Crippen molar-refractivity contribution in [2.75, 3.05) is 19.0 Å². The third-order valence-corrected chi connectivity index (χ3v) is 5.36. The largest absolute Gasteiger partial charge is 0.495 e. The molecule has 0 radical (unpaired) electrons. The number of aromatic nitrogens is 4. The fraction of sp³-hybridized carbons (Fsp3) is 0.429. The number of nitrogens with zero attached hydrogens (tertiary/aromatic N) is 3. The minimum absolute atomic E-state index is 0.0176. The number of aliphatic hydroxyl groups excluding tert-OH is 1. The number of carbonyl (C=O) groups excluding carboxylic acids is 1. The summed E-state index contributed by atoms with van der Waals surface area (Å²) in [6.07, 6.45) is 2.58. The normalized spacial score (nSPS) is 18.7. The van der Waals surface area contributed by atoms with Gasteiger partial charge in [-0.3, -0.25) is 0 Å². The predicted octanol–water partition coefficient (Wildman–Crippen LogP) is 2.01. The summed E-state index contributed by atoms with van der Waals surface area (Å²) in [6, 6.07) is 7.10. The lowest BCUT2D eigenvalue weighted by Crippen LogP contribution is -2.29. The van der Waals surface area contributed by atoms with Crippen LogP contribution in [0.1, 0.15) is 43.1 Å². The number of fused-ring (bicyclic) bond motifs is 1. The number of benzene rings is 1. The van der Waals surface area contributed by atoms with Crippen molar-refractivity contribution in [1.29, 1.82) is 0 Å². The molecule has 3 N–H and O–H groups in total. The first kappa shape index (κ1) is 20.9. The summed E-state index contributed by atoms with van der Waals surface area (Å²) in [6.45, 7) is 1.87. The van der Waals surface area contributed by atoms with E-state index in [0.29, 0.717) is 24.3 Å². The molecular weight excluding hydrogens is 402 g/mol. The van der Waals surface area contributed by atoms with E-state index < -0.39 is 11.7 Å². The highest BCUT2D eigenvalue weighted by Gasteiger charge is 2.25. The molecule has 1 aliphatic rings. The highest BCUT2D eigenvalue weighted by Crippen LogP contribution is 2.26. The summed E-state index contributed by atoms with van der Waals surface area (Å²) in [7, 11) is 1.52. The molecule has 3 aromatic rings. The number of esters is 1. The van der Waals surface area contributed by atoms with E-state index in [-0.39, 0.29) is 41.6 Å². The van der Waals surface area contributed by atoms with Crippen LogP contribution in [-0.2, 0) is 4.74 Å². The van der Waals surface area contributed by atoms with Crippen LogP contribution in [0.2, 0.25) is 0 Å². The second-order valence-electron chi connectivity index (χ2n) is 7.40. The molecule has 10 nitrogen and oxygen atoms in total. The Morgan fingerprint density at radius 3 is 2.71 bits per heavy atom. The molecule has 0 atom stereocenters. The van der Waals surface area contributed by atoms with E-state index in [1.165, 1.54) is 11.7 Å². The lowest BCUT2D eigenvalue weighted by Gasteiger charge is -2.26. The van der Waals surface area contributed by atoms with Crippen molar-refractivity contribution in [3.8, 4) is 11.4 Å². The van der Waals surface area contributed by atoms with Crippen LogP contribution in [0.25, 0.3) is 16.9 Å². The van der Waals surface area contributed by atoms with E-state index in [4.69, 9.17) is 9.47 Å². The standard InChI is InChI=1S/C21H25N5O5/c1-3-31-19(28)17-16-18(25-20(23-17)22-12-8-10-13(27)11-9-12)26(21(29)24-16)14-6-4-5-7-15(14)30-2/h4-7,12-13,27H,3,8-11H2,1-2H3,(H,24,29)(H,22,23,25). The SMILES string of the molecule is CCOC(=O)c1nc(NC2CCC(O)CC2)nc2c1[nH]c(=O)n2-c1ccccc1OC. The Kier molecular flexibility index (Phi) is 5.90. The third-order valence-electron chi connectivity index (χ3n) is 5.36. The van der Waals surface area contributed by atoms with Gasteiger partial charge in [0, 0.05) is 6.04 Å². The van der Waals surface area contributed by atoms with Gasteiger partial charge in [0.25, 0.3) is 0 Å². The van der Waals surface area contributed by atoms with Crippen molar-refractivity contribution < 1.29 is 19.4 Å². The van der Waals surface area contributed by atoms with Gasteiger partial charge >= 0.3 is 11.7 Å². The lowest BCUT2D eigenvalue weighted by atomic mass is 9.93. The number of hydrogen-bond acceptors (Lipinski definition) is 8. The molecule has 0 spiro atoms. The predicted molar refractivity (Wildman–Crippen MR) is 114 cm³/mol. The molecule has 10 heteroatoms. The molecule has 1 fully saturated rings. The van der Waals surface area contributed by atoms with Gasteiger partial charge < -0.3 is 24.9 Å². The number of para-hydroxylation sites is 2. The van der Waals surface area contributed by atoms with E-state index in [1.54, 1.807) is 31.2 Å². The molecule has 2 aromatic heterocycles. The van der Waals surface area contributed by atoms with Crippen molar-refractivity contribution in [1.82, 2.24) is 19.5 Å². The minimum Gasteiger partial charge on any atom is -0.495 e. The smallest absolute Gasteiger partial charge is 0.359 e. The van der Waals surface area contributed by atoms with Crippen LogP contribution in [0.15, 0.2) is 29.1 Å². The molecule has 0 bridgehead atoms. The van der Waals surface area contributed by atoms with Crippen molar-refractivity contribution in [3.63, 3.8) is 0 Å². The molecular formula is C21H25N5O5. The number of rotatable bonds is 6. The molecule has 0 aliphatic heterocycles. The fourth-order valence-electron chi connectivity index (χ4n) is 3.84. The monoisotopic (exact) mass is 427 g/mol. The van der Waals surface area contributed by atoms with E-state index in [0.717, 1.165) is 12.8 Å². The molecule has 4 rings (SSSR count). The molecule has 1 saturated carbocycles. The zero-order valence-electron chi connectivity index (χ0n) is 17.4. The van der Waals surface area contributed by atoms with Crippen LogP contribution >= 0.6 is 0 Å². The number of aromatic amines is 1. The second kappa shape index (κ2) is 8.76. The van der Waals surface area contributed by atoms with Crippen molar-refractivity contribution in [2.45, 2.75) is 44.8 Å². The topological polar surface area (TPSA) is 131 Å². The first-order chi connectivity index (χ1) is 15.0. The molecule has 0 amide bonds. The number of imidazole rings is 1. The molecule has 1 aromatic carbocycles. The summed E-state index contributed by atoms with van der Waals surface area (Å²) in [4.78, 5) is 37.0. The lowest BCUT2D eigenvalue weighted by molar-refractivity contribution is 0.0522. The Bertz CT molecular complexity index is 1150. The maximum absolute atomic E-state index is 12.9. The van der Waals surface area contributed by atoms with Crippen LogP contribution in [0.5, 0.6) is 5.75 Å². The van der Waals surface area contributed by atoms with Crippen LogP contribution in [0, 0.1) is 0 Å².